The summed E-state index contributed by atoms with van der Waals surface area (Å²) in [5.74, 6) is -1.23. The standard InChI is InChI=1S/C6H11F3N2/c1-2-3-4-11-5(10)6(7,8)9/h2-4H2,1H3,(H2,10,11). The molecule has 0 aliphatic rings. The largest absolute Gasteiger partial charge is 0.448 e. The molecule has 0 unspecified atom stereocenters. The van der Waals surface area contributed by atoms with Gasteiger partial charge in [-0.3, -0.25) is 4.99 Å². The highest BCUT2D eigenvalue weighted by atomic mass is 19.4. The third kappa shape index (κ3) is 4.64. The van der Waals surface area contributed by atoms with Gasteiger partial charge in [-0.1, -0.05) is 13.3 Å². The van der Waals surface area contributed by atoms with Crippen molar-refractivity contribution in [3.8, 4) is 0 Å². The number of rotatable bonds is 3. The molecule has 2 nitrogen and oxygen atoms in total. The van der Waals surface area contributed by atoms with Crippen molar-refractivity contribution in [2.24, 2.45) is 10.7 Å². The molecule has 5 heteroatoms. The van der Waals surface area contributed by atoms with Crippen LogP contribution in [0.3, 0.4) is 0 Å². The Bertz CT molecular complexity index is 139. The second-order valence-electron chi connectivity index (χ2n) is 2.12. The van der Waals surface area contributed by atoms with Crippen LogP contribution in [0.25, 0.3) is 0 Å². The Morgan fingerprint density at radius 3 is 2.36 bits per heavy atom. The van der Waals surface area contributed by atoms with E-state index in [1.54, 1.807) is 0 Å². The van der Waals surface area contributed by atoms with E-state index in [-0.39, 0.29) is 6.54 Å². The van der Waals surface area contributed by atoms with Gasteiger partial charge in [-0.15, -0.1) is 0 Å². The van der Waals surface area contributed by atoms with E-state index in [9.17, 15) is 13.2 Å². The van der Waals surface area contributed by atoms with Gasteiger partial charge in [0.15, 0.2) is 0 Å². The van der Waals surface area contributed by atoms with Gasteiger partial charge in [0, 0.05) is 6.54 Å². The quantitative estimate of drug-likeness (QED) is 0.389. The van der Waals surface area contributed by atoms with Crippen molar-refractivity contribution >= 4 is 5.84 Å². The first-order valence-corrected chi connectivity index (χ1v) is 3.35. The zero-order valence-corrected chi connectivity index (χ0v) is 6.28. The van der Waals surface area contributed by atoms with Crippen LogP contribution >= 0.6 is 0 Å². The maximum atomic E-state index is 11.6. The molecule has 0 fully saturated rings. The molecule has 66 valence electrons. The molecule has 11 heavy (non-hydrogen) atoms. The maximum Gasteiger partial charge on any atom is 0.448 e. The summed E-state index contributed by atoms with van der Waals surface area (Å²) >= 11 is 0. The first kappa shape index (κ1) is 10.3. The number of halogens is 3. The van der Waals surface area contributed by atoms with Crippen molar-refractivity contribution < 1.29 is 13.2 Å². The predicted molar refractivity (Wildman–Crippen MR) is 37.5 cm³/mol. The lowest BCUT2D eigenvalue weighted by atomic mass is 10.3. The third-order valence-corrected chi connectivity index (χ3v) is 1.08. The van der Waals surface area contributed by atoms with Gasteiger partial charge in [0.05, 0.1) is 0 Å². The number of amidine groups is 1. The van der Waals surface area contributed by atoms with Crippen LogP contribution in [0.1, 0.15) is 19.8 Å². The fourth-order valence-corrected chi connectivity index (χ4v) is 0.447. The molecular weight excluding hydrogens is 157 g/mol. The molecule has 0 bridgehead atoms. The van der Waals surface area contributed by atoms with Crippen molar-refractivity contribution in [3.05, 3.63) is 0 Å². The van der Waals surface area contributed by atoms with Crippen molar-refractivity contribution in [2.75, 3.05) is 6.54 Å². The van der Waals surface area contributed by atoms with Gasteiger partial charge in [0.25, 0.3) is 0 Å². The van der Waals surface area contributed by atoms with Gasteiger partial charge in [-0.25, -0.2) is 0 Å². The lowest BCUT2D eigenvalue weighted by molar-refractivity contribution is -0.0600. The van der Waals surface area contributed by atoms with Crippen LogP contribution in [0.4, 0.5) is 13.2 Å². The first-order valence-electron chi connectivity index (χ1n) is 3.35. The summed E-state index contributed by atoms with van der Waals surface area (Å²) in [5, 5.41) is 0. The monoisotopic (exact) mass is 168 g/mol. The van der Waals surface area contributed by atoms with Crippen molar-refractivity contribution in [1.82, 2.24) is 0 Å². The van der Waals surface area contributed by atoms with E-state index in [0.29, 0.717) is 6.42 Å². The van der Waals surface area contributed by atoms with Gasteiger partial charge >= 0.3 is 6.18 Å². The summed E-state index contributed by atoms with van der Waals surface area (Å²) in [7, 11) is 0. The van der Waals surface area contributed by atoms with Crippen LogP contribution in [-0.4, -0.2) is 18.6 Å². The molecule has 0 aromatic rings. The van der Waals surface area contributed by atoms with E-state index in [2.05, 4.69) is 10.7 Å². The fourth-order valence-electron chi connectivity index (χ4n) is 0.447. The lowest BCUT2D eigenvalue weighted by Gasteiger charge is -2.03. The molecule has 0 aromatic heterocycles. The second-order valence-corrected chi connectivity index (χ2v) is 2.12. The summed E-state index contributed by atoms with van der Waals surface area (Å²) in [6.45, 7) is 2.03. The van der Waals surface area contributed by atoms with Crippen LogP contribution in [-0.2, 0) is 0 Å². The van der Waals surface area contributed by atoms with Crippen LogP contribution in [0.5, 0.6) is 0 Å². The van der Waals surface area contributed by atoms with Crippen molar-refractivity contribution in [2.45, 2.75) is 25.9 Å². The van der Waals surface area contributed by atoms with Gasteiger partial charge in [0.2, 0.25) is 5.84 Å². The molecule has 0 saturated carbocycles. The number of aliphatic imine (C=N–C) groups is 1. The summed E-state index contributed by atoms with van der Waals surface area (Å²) in [6, 6.07) is 0. The Hall–Kier alpha value is -0.740. The second kappa shape index (κ2) is 4.20. The maximum absolute atomic E-state index is 11.6. The average molecular weight is 168 g/mol. The number of hydrogen-bond acceptors (Lipinski definition) is 1. The minimum Gasteiger partial charge on any atom is -0.380 e. The number of unbranched alkanes of at least 4 members (excludes halogenated alkanes) is 1. The lowest BCUT2D eigenvalue weighted by Crippen LogP contribution is -2.31. The summed E-state index contributed by atoms with van der Waals surface area (Å²) in [5.41, 5.74) is 4.62. The van der Waals surface area contributed by atoms with Gasteiger partial charge in [-0.2, -0.15) is 13.2 Å². The van der Waals surface area contributed by atoms with Gasteiger partial charge in [-0.05, 0) is 6.42 Å². The zero-order chi connectivity index (χ0) is 8.91. The van der Waals surface area contributed by atoms with Gasteiger partial charge in [0.1, 0.15) is 0 Å². The number of nitrogens with two attached hydrogens (primary N) is 1. The Kier molecular flexibility index (Phi) is 3.92. The third-order valence-electron chi connectivity index (χ3n) is 1.08. The smallest absolute Gasteiger partial charge is 0.380 e. The fraction of sp³-hybridized carbons (Fsp3) is 0.833. The highest BCUT2D eigenvalue weighted by molar-refractivity contribution is 5.85. The predicted octanol–water partition coefficient (Wildman–Crippen LogP) is 1.71. The van der Waals surface area contributed by atoms with Gasteiger partial charge < -0.3 is 5.73 Å². The molecule has 0 rings (SSSR count). The van der Waals surface area contributed by atoms with Crippen LogP contribution < -0.4 is 5.73 Å². The molecule has 2 N–H and O–H groups in total. The molecule has 0 aromatic carbocycles. The highest BCUT2D eigenvalue weighted by Crippen LogP contribution is 2.14. The topological polar surface area (TPSA) is 38.4 Å². The van der Waals surface area contributed by atoms with E-state index < -0.39 is 12.0 Å². The molecule has 0 radical (unpaired) electrons. The van der Waals surface area contributed by atoms with E-state index in [4.69, 9.17) is 0 Å². The number of nitrogens with zero attached hydrogens (tertiary/aromatic N) is 1. The summed E-state index contributed by atoms with van der Waals surface area (Å²) < 4.78 is 34.9. The van der Waals surface area contributed by atoms with Crippen molar-refractivity contribution in [1.29, 1.82) is 0 Å². The highest BCUT2D eigenvalue weighted by Gasteiger charge is 2.32. The minimum atomic E-state index is -4.46. The normalized spacial score (nSPS) is 13.6. The molecular formula is C6H11F3N2. The molecule has 0 spiro atoms. The molecule has 0 atom stereocenters. The summed E-state index contributed by atoms with van der Waals surface area (Å²) in [4.78, 5) is 3.15. The molecule has 0 aliphatic heterocycles. The average Bonchev–Trinajstić information content (AvgIpc) is 1.86. The van der Waals surface area contributed by atoms with E-state index >= 15 is 0 Å². The minimum absolute atomic E-state index is 0.155. The molecule has 0 heterocycles. The summed E-state index contributed by atoms with van der Waals surface area (Å²) in [6.07, 6.45) is -3.01. The van der Waals surface area contributed by atoms with E-state index in [1.807, 2.05) is 6.92 Å². The SMILES string of the molecule is CCCCN=C(N)C(F)(F)F. The van der Waals surface area contributed by atoms with Crippen LogP contribution in [0, 0.1) is 0 Å². The zero-order valence-electron chi connectivity index (χ0n) is 6.28. The first-order chi connectivity index (χ1) is 4.98. The number of hydrogen-bond donors (Lipinski definition) is 1. The Morgan fingerprint density at radius 2 is 2.00 bits per heavy atom. The Labute approximate surface area is 63.3 Å². The molecule has 0 amide bonds. The number of alkyl halides is 3. The van der Waals surface area contributed by atoms with E-state index in [0.717, 1.165) is 6.42 Å². The Morgan fingerprint density at radius 1 is 1.45 bits per heavy atom. The molecule has 0 aliphatic carbocycles. The van der Waals surface area contributed by atoms with Crippen LogP contribution in [0.2, 0.25) is 0 Å². The Balaban J connectivity index is 3.81. The van der Waals surface area contributed by atoms with Crippen molar-refractivity contribution in [3.63, 3.8) is 0 Å². The van der Waals surface area contributed by atoms with Crippen LogP contribution in [0.15, 0.2) is 4.99 Å². The molecule has 0 saturated heterocycles. The van der Waals surface area contributed by atoms with E-state index in [1.165, 1.54) is 0 Å².